The minimum Gasteiger partial charge on any atom is -0.380 e. The quantitative estimate of drug-likeness (QED) is 0.247. The highest BCUT2D eigenvalue weighted by atomic mass is 32.2. The van der Waals surface area contributed by atoms with E-state index in [1.807, 2.05) is 93.0 Å². The van der Waals surface area contributed by atoms with Gasteiger partial charge in [-0.25, -0.2) is 9.98 Å². The SMILES string of the molecule is CCOCCN1C(=O)C(=Cc2cc(C)n(-n3c(C)nc4ccccc4c3=O)c2C)SC1=Nc1ccccc1. The first kappa shape index (κ1) is 25.7. The van der Waals surface area contributed by atoms with Gasteiger partial charge in [-0.05, 0) is 81.4 Å². The fourth-order valence-electron chi connectivity index (χ4n) is 4.54. The number of rotatable bonds is 7. The predicted molar refractivity (Wildman–Crippen MR) is 153 cm³/mol. The summed E-state index contributed by atoms with van der Waals surface area (Å²) in [5.41, 5.74) is 3.85. The second-order valence-corrected chi connectivity index (χ2v) is 9.93. The number of aryl methyl sites for hydroxylation is 2. The first-order valence-electron chi connectivity index (χ1n) is 12.5. The van der Waals surface area contributed by atoms with Crippen LogP contribution in [0, 0.1) is 20.8 Å². The van der Waals surface area contributed by atoms with Crippen molar-refractivity contribution in [1.29, 1.82) is 0 Å². The van der Waals surface area contributed by atoms with Crippen LogP contribution in [0.5, 0.6) is 0 Å². The van der Waals surface area contributed by atoms with Gasteiger partial charge in [0, 0.05) is 18.0 Å². The van der Waals surface area contributed by atoms with Crippen LogP contribution in [0.15, 0.2) is 75.4 Å². The number of fused-ring (bicyclic) bond motifs is 1. The lowest BCUT2D eigenvalue weighted by atomic mass is 10.2. The van der Waals surface area contributed by atoms with Crippen molar-refractivity contribution in [1.82, 2.24) is 19.2 Å². The Kier molecular flexibility index (Phi) is 7.31. The smallest absolute Gasteiger partial charge is 0.280 e. The molecule has 3 heterocycles. The molecule has 38 heavy (non-hydrogen) atoms. The van der Waals surface area contributed by atoms with Gasteiger partial charge in [0.15, 0.2) is 5.17 Å². The molecule has 0 aliphatic carbocycles. The van der Waals surface area contributed by atoms with Crippen LogP contribution in [0.25, 0.3) is 17.0 Å². The number of aliphatic imine (C=N–C) groups is 1. The van der Waals surface area contributed by atoms with Crippen LogP contribution < -0.4 is 5.56 Å². The summed E-state index contributed by atoms with van der Waals surface area (Å²) in [6.07, 6.45) is 1.88. The second kappa shape index (κ2) is 10.8. The van der Waals surface area contributed by atoms with E-state index in [0.29, 0.717) is 46.6 Å². The monoisotopic (exact) mass is 527 g/mol. The fraction of sp³-hybridized carbons (Fsp3) is 0.241. The maximum Gasteiger partial charge on any atom is 0.280 e. The van der Waals surface area contributed by atoms with Gasteiger partial charge in [0.05, 0.1) is 34.6 Å². The maximum atomic E-state index is 13.5. The largest absolute Gasteiger partial charge is 0.380 e. The Morgan fingerprint density at radius 1 is 1.00 bits per heavy atom. The first-order valence-corrected chi connectivity index (χ1v) is 13.3. The average Bonchev–Trinajstić information content (AvgIpc) is 3.35. The zero-order valence-corrected chi connectivity index (χ0v) is 22.7. The van der Waals surface area contributed by atoms with Gasteiger partial charge in [0.1, 0.15) is 5.82 Å². The molecule has 2 aromatic heterocycles. The molecule has 0 atom stereocenters. The van der Waals surface area contributed by atoms with E-state index in [2.05, 4.69) is 4.98 Å². The Morgan fingerprint density at radius 2 is 1.74 bits per heavy atom. The number of hydrogen-bond donors (Lipinski definition) is 0. The van der Waals surface area contributed by atoms with E-state index in [1.165, 1.54) is 11.8 Å². The molecule has 0 spiro atoms. The van der Waals surface area contributed by atoms with Crippen LogP contribution in [0.4, 0.5) is 5.69 Å². The first-order chi connectivity index (χ1) is 18.4. The number of carbonyl (C=O) groups excluding carboxylic acids is 1. The highest BCUT2D eigenvalue weighted by Crippen LogP contribution is 2.35. The summed E-state index contributed by atoms with van der Waals surface area (Å²) in [6.45, 7) is 9.06. The molecule has 1 saturated heterocycles. The van der Waals surface area contributed by atoms with Crippen molar-refractivity contribution >= 4 is 45.5 Å². The third-order valence-corrected chi connectivity index (χ3v) is 7.38. The molecular weight excluding hydrogens is 498 g/mol. The van der Waals surface area contributed by atoms with Crippen LogP contribution in [-0.2, 0) is 9.53 Å². The summed E-state index contributed by atoms with van der Waals surface area (Å²) in [4.78, 5) is 38.5. The van der Waals surface area contributed by atoms with Crippen molar-refractivity contribution in [2.45, 2.75) is 27.7 Å². The van der Waals surface area contributed by atoms with Crippen LogP contribution in [-0.4, -0.2) is 50.1 Å². The Morgan fingerprint density at radius 3 is 2.50 bits per heavy atom. The normalized spacial score (nSPS) is 15.9. The van der Waals surface area contributed by atoms with Crippen LogP contribution in [0.2, 0.25) is 0 Å². The molecule has 0 N–H and O–H groups in total. The Hall–Kier alpha value is -3.95. The van der Waals surface area contributed by atoms with E-state index in [0.717, 1.165) is 22.6 Å². The van der Waals surface area contributed by atoms with Crippen molar-refractivity contribution in [2.75, 3.05) is 19.8 Å². The van der Waals surface area contributed by atoms with E-state index in [9.17, 15) is 9.59 Å². The fourth-order valence-corrected chi connectivity index (χ4v) is 5.56. The highest BCUT2D eigenvalue weighted by Gasteiger charge is 2.33. The van der Waals surface area contributed by atoms with Crippen LogP contribution in [0.1, 0.15) is 29.7 Å². The Balaban J connectivity index is 1.55. The molecule has 1 aliphatic heterocycles. The number of aromatic nitrogens is 3. The van der Waals surface area contributed by atoms with E-state index >= 15 is 0 Å². The zero-order chi connectivity index (χ0) is 26.8. The predicted octanol–water partition coefficient (Wildman–Crippen LogP) is 5.08. The third-order valence-electron chi connectivity index (χ3n) is 6.37. The Labute approximate surface area is 225 Å². The zero-order valence-electron chi connectivity index (χ0n) is 21.8. The molecule has 1 amide bonds. The van der Waals surface area contributed by atoms with Crippen molar-refractivity contribution in [2.24, 2.45) is 4.99 Å². The van der Waals surface area contributed by atoms with Gasteiger partial charge in [0.25, 0.3) is 11.5 Å². The van der Waals surface area contributed by atoms with Crippen LogP contribution >= 0.6 is 11.8 Å². The van der Waals surface area contributed by atoms with Crippen molar-refractivity contribution in [3.05, 3.63) is 98.7 Å². The molecule has 1 fully saturated rings. The average molecular weight is 528 g/mol. The van der Waals surface area contributed by atoms with Gasteiger partial charge < -0.3 is 4.74 Å². The number of para-hydroxylation sites is 2. The summed E-state index contributed by atoms with van der Waals surface area (Å²) >= 11 is 1.34. The topological polar surface area (TPSA) is 81.7 Å². The van der Waals surface area contributed by atoms with Gasteiger partial charge >= 0.3 is 0 Å². The minimum absolute atomic E-state index is 0.116. The summed E-state index contributed by atoms with van der Waals surface area (Å²) in [6, 6.07) is 18.9. The number of ether oxygens (including phenoxy) is 1. The molecule has 1 aliphatic rings. The summed E-state index contributed by atoms with van der Waals surface area (Å²) < 4.78 is 8.97. The molecule has 0 radical (unpaired) electrons. The lowest BCUT2D eigenvalue weighted by molar-refractivity contribution is -0.122. The number of hydrogen-bond acceptors (Lipinski definition) is 6. The molecule has 2 aromatic carbocycles. The van der Waals surface area contributed by atoms with Crippen molar-refractivity contribution < 1.29 is 9.53 Å². The standard InChI is InChI=1S/C29H29N5O3S/c1-5-37-16-15-32-28(36)26(38-29(32)31-23-11-7-6-8-12-23)18-22-17-19(2)33(20(22)3)34-21(4)30-25-14-10-9-13-24(25)27(34)35/h6-14,17-18H,5,15-16H2,1-4H3. The van der Waals surface area contributed by atoms with Crippen molar-refractivity contribution in [3.8, 4) is 0 Å². The van der Waals surface area contributed by atoms with Gasteiger partial charge in [-0.1, -0.05) is 30.3 Å². The Bertz CT molecular complexity index is 1640. The van der Waals surface area contributed by atoms with Gasteiger partial charge in [-0.15, -0.1) is 0 Å². The highest BCUT2D eigenvalue weighted by molar-refractivity contribution is 8.18. The summed E-state index contributed by atoms with van der Waals surface area (Å²) in [5, 5.41) is 1.17. The minimum atomic E-state index is -0.139. The lowest BCUT2D eigenvalue weighted by Crippen LogP contribution is -2.32. The molecule has 0 unspecified atom stereocenters. The molecule has 0 bridgehead atoms. The molecule has 4 aromatic rings. The van der Waals surface area contributed by atoms with E-state index in [-0.39, 0.29) is 11.5 Å². The number of amidine groups is 1. The molecule has 9 heteroatoms. The molecular formula is C29H29N5O3S. The third kappa shape index (κ3) is 4.82. The molecule has 194 valence electrons. The van der Waals surface area contributed by atoms with E-state index < -0.39 is 0 Å². The van der Waals surface area contributed by atoms with Gasteiger partial charge in [-0.2, -0.15) is 4.68 Å². The van der Waals surface area contributed by atoms with Gasteiger partial charge in [0.2, 0.25) is 0 Å². The molecule has 0 saturated carbocycles. The number of benzene rings is 2. The number of carbonyl (C=O) groups is 1. The van der Waals surface area contributed by atoms with Gasteiger partial charge in [-0.3, -0.25) is 19.2 Å². The second-order valence-electron chi connectivity index (χ2n) is 8.93. The van der Waals surface area contributed by atoms with Crippen molar-refractivity contribution in [3.63, 3.8) is 0 Å². The number of amides is 1. The summed E-state index contributed by atoms with van der Waals surface area (Å²) in [7, 11) is 0. The van der Waals surface area contributed by atoms with Crippen LogP contribution in [0.3, 0.4) is 0 Å². The maximum absolute atomic E-state index is 13.5. The number of thioether (sulfide) groups is 1. The van der Waals surface area contributed by atoms with E-state index in [4.69, 9.17) is 9.73 Å². The summed E-state index contributed by atoms with van der Waals surface area (Å²) in [5.74, 6) is 0.468. The van der Waals surface area contributed by atoms with E-state index in [1.54, 1.807) is 15.6 Å². The molecule has 8 nitrogen and oxygen atoms in total. The number of nitrogens with zero attached hydrogens (tertiary/aromatic N) is 5. The molecule has 5 rings (SSSR count). The lowest BCUT2D eigenvalue weighted by Gasteiger charge is -2.16.